The maximum Gasteiger partial charge on any atom is 0.112 e. The highest BCUT2D eigenvalue weighted by atomic mass is 35.5. The molecule has 1 saturated heterocycles. The minimum Gasteiger partial charge on any atom is -0.203 e. The molecule has 0 amide bonds. The summed E-state index contributed by atoms with van der Waals surface area (Å²) in [5.41, 5.74) is 0. The van der Waals surface area contributed by atoms with Crippen molar-refractivity contribution in [2.45, 2.75) is 18.9 Å². The van der Waals surface area contributed by atoms with Gasteiger partial charge in [-0.15, -0.1) is 0 Å². The van der Waals surface area contributed by atoms with Gasteiger partial charge in [0.1, 0.15) is 6.04 Å². The van der Waals surface area contributed by atoms with Crippen molar-refractivity contribution in [3.05, 3.63) is 0 Å². The van der Waals surface area contributed by atoms with E-state index in [0.29, 0.717) is 0 Å². The van der Waals surface area contributed by atoms with Crippen LogP contribution in [-0.4, -0.2) is 17.0 Å². The second kappa shape index (κ2) is 2.34. The van der Waals surface area contributed by atoms with E-state index in [1.807, 2.05) is 0 Å². The summed E-state index contributed by atoms with van der Waals surface area (Å²) in [5.74, 6) is 0. The van der Waals surface area contributed by atoms with Crippen molar-refractivity contribution in [3.63, 3.8) is 0 Å². The third kappa shape index (κ3) is 0.936. The van der Waals surface area contributed by atoms with E-state index in [0.717, 1.165) is 19.4 Å². The molecule has 1 atom stereocenters. The van der Waals surface area contributed by atoms with Crippen molar-refractivity contribution in [3.8, 4) is 6.07 Å². The van der Waals surface area contributed by atoms with Crippen LogP contribution in [0.1, 0.15) is 12.8 Å². The number of nitriles is 1. The Morgan fingerprint density at radius 1 is 1.75 bits per heavy atom. The molecule has 0 N–H and O–H groups in total. The molecule has 1 aliphatic heterocycles. The summed E-state index contributed by atoms with van der Waals surface area (Å²) >= 11 is 5.59. The first kappa shape index (κ1) is 5.87. The van der Waals surface area contributed by atoms with E-state index in [4.69, 9.17) is 17.0 Å². The Morgan fingerprint density at radius 2 is 2.50 bits per heavy atom. The highest BCUT2D eigenvalue weighted by Gasteiger charge is 2.21. The minimum absolute atomic E-state index is 0.0309. The Labute approximate surface area is 53.8 Å². The standard InChI is InChI=1S/C5H7ClN2/c6-8-3-1-2-5(8)4-7/h5H,1-3H2/t5-/m1/s1. The van der Waals surface area contributed by atoms with Crippen LogP contribution >= 0.6 is 11.8 Å². The second-order valence-corrected chi connectivity index (χ2v) is 2.34. The molecule has 0 unspecified atom stereocenters. The number of rotatable bonds is 0. The van der Waals surface area contributed by atoms with Gasteiger partial charge in [-0.05, 0) is 24.6 Å². The van der Waals surface area contributed by atoms with Crippen LogP contribution in [0.4, 0.5) is 0 Å². The largest absolute Gasteiger partial charge is 0.203 e. The molecule has 0 aromatic rings. The monoisotopic (exact) mass is 130 g/mol. The lowest BCUT2D eigenvalue weighted by Crippen LogP contribution is -2.16. The van der Waals surface area contributed by atoms with Gasteiger partial charge in [-0.3, -0.25) is 0 Å². The lowest BCUT2D eigenvalue weighted by molar-refractivity contribution is 0.496. The first-order valence-electron chi connectivity index (χ1n) is 2.66. The Bertz CT molecular complexity index is 118. The average molecular weight is 131 g/mol. The van der Waals surface area contributed by atoms with Crippen LogP contribution in [0.15, 0.2) is 0 Å². The van der Waals surface area contributed by atoms with E-state index in [1.54, 1.807) is 4.42 Å². The Hall–Kier alpha value is -0.260. The molecule has 0 aliphatic carbocycles. The van der Waals surface area contributed by atoms with Crippen molar-refractivity contribution in [2.75, 3.05) is 6.54 Å². The maximum atomic E-state index is 8.36. The average Bonchev–Trinajstić information content (AvgIpc) is 2.14. The fraction of sp³-hybridized carbons (Fsp3) is 0.800. The Balaban J connectivity index is 2.45. The first-order chi connectivity index (χ1) is 3.84. The molecule has 0 radical (unpaired) electrons. The zero-order valence-corrected chi connectivity index (χ0v) is 5.23. The molecule has 8 heavy (non-hydrogen) atoms. The fourth-order valence-corrected chi connectivity index (χ4v) is 1.12. The Kier molecular flexibility index (Phi) is 1.72. The molecule has 2 nitrogen and oxygen atoms in total. The smallest absolute Gasteiger partial charge is 0.112 e. The lowest BCUT2D eigenvalue weighted by atomic mass is 10.2. The van der Waals surface area contributed by atoms with Crippen molar-refractivity contribution in [2.24, 2.45) is 0 Å². The van der Waals surface area contributed by atoms with Crippen LogP contribution in [0.25, 0.3) is 0 Å². The summed E-state index contributed by atoms with van der Waals surface area (Å²) in [4.78, 5) is 0. The van der Waals surface area contributed by atoms with Gasteiger partial charge in [0.05, 0.1) is 6.07 Å². The number of hydrogen-bond donors (Lipinski definition) is 0. The van der Waals surface area contributed by atoms with Crippen molar-refractivity contribution in [1.82, 2.24) is 4.42 Å². The normalized spacial score (nSPS) is 30.2. The van der Waals surface area contributed by atoms with E-state index in [-0.39, 0.29) is 6.04 Å². The van der Waals surface area contributed by atoms with Gasteiger partial charge in [0.15, 0.2) is 0 Å². The third-order valence-electron chi connectivity index (χ3n) is 1.34. The maximum absolute atomic E-state index is 8.36. The van der Waals surface area contributed by atoms with Crippen molar-refractivity contribution < 1.29 is 0 Å². The molecule has 1 fully saturated rings. The fourth-order valence-electron chi connectivity index (χ4n) is 0.859. The first-order valence-corrected chi connectivity index (χ1v) is 3.00. The molecule has 1 heterocycles. The van der Waals surface area contributed by atoms with E-state index in [1.165, 1.54) is 0 Å². The second-order valence-electron chi connectivity index (χ2n) is 1.91. The Morgan fingerprint density at radius 3 is 2.75 bits per heavy atom. The SMILES string of the molecule is N#C[C@H]1CCCN1Cl. The molecule has 1 aliphatic rings. The van der Waals surface area contributed by atoms with E-state index in [9.17, 15) is 0 Å². The van der Waals surface area contributed by atoms with Gasteiger partial charge in [-0.2, -0.15) is 5.26 Å². The van der Waals surface area contributed by atoms with E-state index in [2.05, 4.69) is 6.07 Å². The summed E-state index contributed by atoms with van der Waals surface area (Å²) in [6, 6.07) is 2.08. The van der Waals surface area contributed by atoms with Crippen LogP contribution in [0.5, 0.6) is 0 Å². The predicted molar refractivity (Wildman–Crippen MR) is 31.2 cm³/mol. The van der Waals surface area contributed by atoms with Crippen molar-refractivity contribution in [1.29, 1.82) is 5.26 Å². The van der Waals surface area contributed by atoms with Crippen LogP contribution in [0.3, 0.4) is 0 Å². The third-order valence-corrected chi connectivity index (χ3v) is 1.74. The summed E-state index contributed by atoms with van der Waals surface area (Å²) in [5, 5.41) is 8.36. The van der Waals surface area contributed by atoms with Crippen LogP contribution in [-0.2, 0) is 0 Å². The van der Waals surface area contributed by atoms with E-state index >= 15 is 0 Å². The molecule has 44 valence electrons. The summed E-state index contributed by atoms with van der Waals surface area (Å²) in [6.07, 6.45) is 1.99. The van der Waals surface area contributed by atoms with Crippen molar-refractivity contribution >= 4 is 11.8 Å². The lowest BCUT2D eigenvalue weighted by Gasteiger charge is -2.05. The highest BCUT2D eigenvalue weighted by molar-refractivity contribution is 6.13. The minimum atomic E-state index is -0.0309. The number of halogens is 1. The van der Waals surface area contributed by atoms with Gasteiger partial charge in [0.2, 0.25) is 0 Å². The van der Waals surface area contributed by atoms with Gasteiger partial charge >= 0.3 is 0 Å². The number of nitrogens with zero attached hydrogens (tertiary/aromatic N) is 2. The molecule has 0 bridgehead atoms. The van der Waals surface area contributed by atoms with Gasteiger partial charge in [-0.25, -0.2) is 4.42 Å². The summed E-state index contributed by atoms with van der Waals surface area (Å²) in [7, 11) is 0. The molecule has 0 saturated carbocycles. The summed E-state index contributed by atoms with van der Waals surface area (Å²) in [6.45, 7) is 0.861. The van der Waals surface area contributed by atoms with Gasteiger partial charge in [-0.1, -0.05) is 0 Å². The van der Waals surface area contributed by atoms with Crippen LogP contribution in [0, 0.1) is 11.3 Å². The zero-order chi connectivity index (χ0) is 5.98. The van der Waals surface area contributed by atoms with Crippen LogP contribution < -0.4 is 0 Å². The van der Waals surface area contributed by atoms with Gasteiger partial charge in [0.25, 0.3) is 0 Å². The quantitative estimate of drug-likeness (QED) is 0.460. The molecule has 3 heteroatoms. The van der Waals surface area contributed by atoms with Crippen LogP contribution in [0.2, 0.25) is 0 Å². The molecular weight excluding hydrogens is 124 g/mol. The van der Waals surface area contributed by atoms with E-state index < -0.39 is 0 Å². The number of hydrogen-bond acceptors (Lipinski definition) is 2. The molecular formula is C5H7ClN2. The van der Waals surface area contributed by atoms with Gasteiger partial charge in [0, 0.05) is 6.54 Å². The summed E-state index contributed by atoms with van der Waals surface area (Å²) < 4.78 is 1.57. The highest BCUT2D eigenvalue weighted by Crippen LogP contribution is 2.17. The zero-order valence-electron chi connectivity index (χ0n) is 4.47. The van der Waals surface area contributed by atoms with Gasteiger partial charge < -0.3 is 0 Å². The molecule has 0 aromatic heterocycles. The molecule has 0 aromatic carbocycles. The topological polar surface area (TPSA) is 27.0 Å². The molecule has 1 rings (SSSR count). The predicted octanol–water partition coefficient (Wildman–Crippen LogP) is 1.13. The molecule has 0 spiro atoms.